The molecule has 0 aliphatic carbocycles. The highest BCUT2D eigenvalue weighted by atomic mass is 35.5. The fraction of sp³-hybridized carbons (Fsp3) is 0.562. The van der Waals surface area contributed by atoms with Gasteiger partial charge in [-0.1, -0.05) is 26.0 Å². The van der Waals surface area contributed by atoms with Gasteiger partial charge in [0.05, 0.1) is 5.75 Å². The number of hydrogen-bond donors (Lipinski definition) is 0. The van der Waals surface area contributed by atoms with Gasteiger partial charge in [0.1, 0.15) is 11.1 Å². The van der Waals surface area contributed by atoms with Crippen LogP contribution < -0.4 is 4.18 Å². The molecule has 0 bridgehead atoms. The smallest absolute Gasteiger partial charge is 0.308 e. The van der Waals surface area contributed by atoms with Crippen LogP contribution in [-0.2, 0) is 21.5 Å². The number of nitrogens with zero attached hydrogens (tertiary/aromatic N) is 1. The van der Waals surface area contributed by atoms with Crippen molar-refractivity contribution >= 4 is 27.6 Å². The molecule has 0 aromatic heterocycles. The normalized spacial score (nSPS) is 13.0. The van der Waals surface area contributed by atoms with Gasteiger partial charge in [0.25, 0.3) is 0 Å². The summed E-state index contributed by atoms with van der Waals surface area (Å²) in [5.74, 6) is 0.307. The molecule has 0 unspecified atom stereocenters. The van der Waals surface area contributed by atoms with Gasteiger partial charge in [-0.25, -0.2) is 0 Å². The zero-order chi connectivity index (χ0) is 17.6. The molecule has 0 saturated carbocycles. The van der Waals surface area contributed by atoms with Crippen LogP contribution in [-0.4, -0.2) is 36.9 Å². The summed E-state index contributed by atoms with van der Waals surface area (Å²) in [5.41, 5.74) is 0.792. The number of halogens is 1. The minimum absolute atomic E-state index is 0.0983. The number of rotatable bonds is 8. The van der Waals surface area contributed by atoms with E-state index in [1.807, 2.05) is 19.9 Å². The average Bonchev–Trinajstić information content (AvgIpc) is 2.45. The molecule has 1 amide bonds. The Balaban J connectivity index is 2.94. The molecular weight excluding hydrogens is 338 g/mol. The first-order valence-corrected chi connectivity index (χ1v) is 9.60. The van der Waals surface area contributed by atoms with Gasteiger partial charge in [0.2, 0.25) is 5.91 Å². The van der Waals surface area contributed by atoms with Crippen LogP contribution in [0.4, 0.5) is 0 Å². The molecule has 1 atom stereocenters. The SMILES string of the molecule is CCS(=O)(=O)Oc1cccc(CN(CC(C)C)C(=O)[C@H](C)Cl)c1. The molecule has 1 aromatic carbocycles. The van der Waals surface area contributed by atoms with Gasteiger partial charge in [-0.05, 0) is 37.5 Å². The van der Waals surface area contributed by atoms with Gasteiger partial charge < -0.3 is 9.08 Å². The van der Waals surface area contributed by atoms with Crippen LogP contribution in [0.3, 0.4) is 0 Å². The summed E-state index contributed by atoms with van der Waals surface area (Å²) < 4.78 is 28.1. The minimum Gasteiger partial charge on any atom is -0.382 e. The van der Waals surface area contributed by atoms with E-state index in [-0.39, 0.29) is 17.4 Å². The number of carbonyl (C=O) groups is 1. The van der Waals surface area contributed by atoms with E-state index in [1.54, 1.807) is 30.0 Å². The summed E-state index contributed by atoms with van der Waals surface area (Å²) >= 11 is 5.91. The van der Waals surface area contributed by atoms with Gasteiger partial charge in [-0.3, -0.25) is 4.79 Å². The first-order chi connectivity index (χ1) is 10.6. The Kier molecular flexibility index (Phi) is 7.35. The zero-order valence-electron chi connectivity index (χ0n) is 14.0. The molecule has 7 heteroatoms. The summed E-state index contributed by atoms with van der Waals surface area (Å²) in [5, 5.41) is -0.603. The maximum Gasteiger partial charge on any atom is 0.308 e. The highest BCUT2D eigenvalue weighted by Gasteiger charge is 2.20. The third kappa shape index (κ3) is 6.79. The lowest BCUT2D eigenvalue weighted by atomic mass is 10.1. The Bertz CT molecular complexity index is 629. The number of benzene rings is 1. The van der Waals surface area contributed by atoms with Crippen molar-refractivity contribution in [2.24, 2.45) is 5.92 Å². The average molecular weight is 362 g/mol. The molecule has 1 rings (SSSR count). The highest BCUT2D eigenvalue weighted by molar-refractivity contribution is 7.87. The lowest BCUT2D eigenvalue weighted by Crippen LogP contribution is -2.37. The van der Waals surface area contributed by atoms with Gasteiger partial charge in [-0.2, -0.15) is 8.42 Å². The molecular formula is C16H24ClNO4S. The quantitative estimate of drug-likeness (QED) is 0.527. The molecule has 5 nitrogen and oxygen atoms in total. The fourth-order valence-electron chi connectivity index (χ4n) is 2.05. The van der Waals surface area contributed by atoms with Crippen molar-refractivity contribution in [1.29, 1.82) is 0 Å². The molecule has 130 valence electrons. The highest BCUT2D eigenvalue weighted by Crippen LogP contribution is 2.18. The molecule has 0 N–H and O–H groups in total. The Morgan fingerprint density at radius 2 is 1.96 bits per heavy atom. The number of amides is 1. The van der Waals surface area contributed by atoms with Crippen LogP contribution in [0.25, 0.3) is 0 Å². The van der Waals surface area contributed by atoms with Gasteiger partial charge in [-0.15, -0.1) is 11.6 Å². The van der Waals surface area contributed by atoms with Crippen LogP contribution in [0, 0.1) is 5.92 Å². The van der Waals surface area contributed by atoms with E-state index in [2.05, 4.69) is 0 Å². The van der Waals surface area contributed by atoms with E-state index >= 15 is 0 Å². The Morgan fingerprint density at radius 1 is 1.30 bits per heavy atom. The second kappa shape index (κ2) is 8.55. The fourth-order valence-corrected chi connectivity index (χ4v) is 2.70. The van der Waals surface area contributed by atoms with Crippen LogP contribution >= 0.6 is 11.6 Å². The molecule has 0 fully saturated rings. The van der Waals surface area contributed by atoms with Crippen molar-refractivity contribution in [3.63, 3.8) is 0 Å². The van der Waals surface area contributed by atoms with Crippen molar-refractivity contribution in [1.82, 2.24) is 4.90 Å². The number of hydrogen-bond acceptors (Lipinski definition) is 4. The largest absolute Gasteiger partial charge is 0.382 e. The standard InChI is InChI=1S/C16H24ClNO4S/c1-5-23(20,21)22-15-8-6-7-14(9-15)11-18(10-12(2)3)16(19)13(4)17/h6-9,12-13H,5,10-11H2,1-4H3/t13-/m0/s1. The van der Waals surface area contributed by atoms with Gasteiger partial charge in [0, 0.05) is 13.1 Å². The number of alkyl halides is 1. The van der Waals surface area contributed by atoms with Crippen molar-refractivity contribution in [2.45, 2.75) is 39.6 Å². The molecule has 0 radical (unpaired) electrons. The maximum absolute atomic E-state index is 12.2. The topological polar surface area (TPSA) is 63.7 Å². The molecule has 0 aliphatic heterocycles. The Labute approximate surface area is 143 Å². The Morgan fingerprint density at radius 3 is 2.48 bits per heavy atom. The van der Waals surface area contributed by atoms with E-state index in [9.17, 15) is 13.2 Å². The Hall–Kier alpha value is -1.27. The summed E-state index contributed by atoms with van der Waals surface area (Å²) in [4.78, 5) is 13.9. The third-order valence-corrected chi connectivity index (χ3v) is 4.43. The minimum atomic E-state index is -3.57. The summed E-state index contributed by atoms with van der Waals surface area (Å²) in [6, 6.07) is 6.74. The van der Waals surface area contributed by atoms with Gasteiger partial charge >= 0.3 is 10.1 Å². The summed E-state index contributed by atoms with van der Waals surface area (Å²) in [6.45, 7) is 8.14. The van der Waals surface area contributed by atoms with Crippen LogP contribution in [0.2, 0.25) is 0 Å². The van der Waals surface area contributed by atoms with E-state index in [1.165, 1.54) is 6.92 Å². The van der Waals surface area contributed by atoms with Crippen LogP contribution in [0.1, 0.15) is 33.3 Å². The predicted octanol–water partition coefficient (Wildman–Crippen LogP) is 3.03. The van der Waals surface area contributed by atoms with Crippen molar-refractivity contribution < 1.29 is 17.4 Å². The van der Waals surface area contributed by atoms with Crippen LogP contribution in [0.5, 0.6) is 5.75 Å². The third-order valence-electron chi connectivity index (χ3n) is 3.09. The van der Waals surface area contributed by atoms with Crippen molar-refractivity contribution in [3.8, 4) is 5.75 Å². The lowest BCUT2D eigenvalue weighted by molar-refractivity contribution is -0.131. The van der Waals surface area contributed by atoms with Crippen molar-refractivity contribution in [3.05, 3.63) is 29.8 Å². The van der Waals surface area contributed by atoms with E-state index in [0.717, 1.165) is 5.56 Å². The van der Waals surface area contributed by atoms with E-state index in [0.29, 0.717) is 19.0 Å². The molecule has 23 heavy (non-hydrogen) atoms. The van der Waals surface area contributed by atoms with Crippen LogP contribution in [0.15, 0.2) is 24.3 Å². The first kappa shape index (κ1) is 19.8. The molecule has 1 aromatic rings. The molecule has 0 heterocycles. The predicted molar refractivity (Wildman–Crippen MR) is 92.1 cm³/mol. The first-order valence-electron chi connectivity index (χ1n) is 7.58. The molecule has 0 spiro atoms. The molecule has 0 aliphatic rings. The second-order valence-corrected chi connectivity index (χ2v) is 8.32. The lowest BCUT2D eigenvalue weighted by Gasteiger charge is -2.26. The van der Waals surface area contributed by atoms with E-state index in [4.69, 9.17) is 15.8 Å². The monoisotopic (exact) mass is 361 g/mol. The van der Waals surface area contributed by atoms with E-state index < -0.39 is 15.5 Å². The van der Waals surface area contributed by atoms with Gasteiger partial charge in [0.15, 0.2) is 0 Å². The summed E-state index contributed by atoms with van der Waals surface area (Å²) in [6.07, 6.45) is 0. The summed E-state index contributed by atoms with van der Waals surface area (Å²) in [7, 11) is -3.57. The van der Waals surface area contributed by atoms with Crippen molar-refractivity contribution in [2.75, 3.05) is 12.3 Å². The maximum atomic E-state index is 12.2. The second-order valence-electron chi connectivity index (χ2n) is 5.81. The zero-order valence-corrected chi connectivity index (χ0v) is 15.5. The molecule has 0 saturated heterocycles. The number of carbonyl (C=O) groups excluding carboxylic acids is 1.